The Kier molecular flexibility index (Phi) is 10.1. The lowest BCUT2D eigenvalue weighted by molar-refractivity contribution is -0.143. The molecule has 0 aromatic heterocycles. The Balaban J connectivity index is 1.50. The van der Waals surface area contributed by atoms with Gasteiger partial charge in [-0.25, -0.2) is 0 Å². The molecule has 1 saturated heterocycles. The summed E-state index contributed by atoms with van der Waals surface area (Å²) >= 11 is 0. The first-order valence-electron chi connectivity index (χ1n) is 14.7. The second-order valence-electron chi connectivity index (χ2n) is 11.6. The summed E-state index contributed by atoms with van der Waals surface area (Å²) < 4.78 is 87.0. The van der Waals surface area contributed by atoms with Crippen molar-refractivity contribution >= 4 is 11.8 Å². The van der Waals surface area contributed by atoms with Gasteiger partial charge in [0.2, 0.25) is 11.8 Å². The van der Waals surface area contributed by atoms with Crippen molar-refractivity contribution in [1.29, 1.82) is 0 Å². The van der Waals surface area contributed by atoms with E-state index in [0.717, 1.165) is 18.4 Å². The van der Waals surface area contributed by atoms with Crippen LogP contribution in [0.1, 0.15) is 86.6 Å². The average molecular weight is 613 g/mol. The van der Waals surface area contributed by atoms with Crippen molar-refractivity contribution < 1.29 is 40.7 Å². The van der Waals surface area contributed by atoms with E-state index in [2.05, 4.69) is 0 Å². The van der Waals surface area contributed by atoms with Crippen LogP contribution in [0.2, 0.25) is 0 Å². The van der Waals surface area contributed by atoms with Crippen molar-refractivity contribution in [1.82, 2.24) is 9.80 Å². The van der Waals surface area contributed by atoms with E-state index in [9.17, 15) is 35.9 Å². The molecule has 1 heterocycles. The van der Waals surface area contributed by atoms with Crippen LogP contribution in [0.5, 0.6) is 0 Å². The maximum atomic E-state index is 13.6. The third-order valence-corrected chi connectivity index (χ3v) is 8.84. The van der Waals surface area contributed by atoms with Gasteiger partial charge in [0.05, 0.1) is 23.3 Å². The highest BCUT2D eigenvalue weighted by molar-refractivity contribution is 5.79. The van der Waals surface area contributed by atoms with Crippen LogP contribution in [0.3, 0.4) is 0 Å². The summed E-state index contributed by atoms with van der Waals surface area (Å²) in [6.07, 6.45) is -7.84. The van der Waals surface area contributed by atoms with Gasteiger partial charge in [0, 0.05) is 44.4 Å². The lowest BCUT2D eigenvalue weighted by atomic mass is 9.82. The second-order valence-corrected chi connectivity index (χ2v) is 11.6. The smallest absolute Gasteiger partial charge is 0.370 e. The molecule has 2 aromatic rings. The Morgan fingerprint density at radius 1 is 0.930 bits per heavy atom. The Morgan fingerprint density at radius 2 is 1.51 bits per heavy atom. The minimum atomic E-state index is -4.95. The van der Waals surface area contributed by atoms with Crippen LogP contribution in [0.4, 0.5) is 26.3 Å². The van der Waals surface area contributed by atoms with Crippen LogP contribution in [-0.4, -0.2) is 53.9 Å². The number of halogens is 6. The fourth-order valence-corrected chi connectivity index (χ4v) is 6.29. The average Bonchev–Trinajstić information content (AvgIpc) is 2.99. The molecule has 2 fully saturated rings. The summed E-state index contributed by atoms with van der Waals surface area (Å²) in [6.45, 7) is 3.97. The number of alkyl halides is 6. The molecule has 1 aliphatic carbocycles. The summed E-state index contributed by atoms with van der Waals surface area (Å²) in [5.74, 6) is -0.376. The van der Waals surface area contributed by atoms with E-state index in [1.165, 1.54) is 6.92 Å². The third-order valence-electron chi connectivity index (χ3n) is 8.84. The van der Waals surface area contributed by atoms with Gasteiger partial charge in [0.15, 0.2) is 0 Å². The molecule has 2 aromatic carbocycles. The molecular formula is C32H38F6N2O3. The number of likely N-dealkylation sites (tertiary alicyclic amines) is 1. The molecule has 43 heavy (non-hydrogen) atoms. The molecule has 0 N–H and O–H groups in total. The molecule has 5 nitrogen and oxygen atoms in total. The normalized spacial score (nSPS) is 24.0. The number of carbonyl (C=O) groups excluding carboxylic acids is 2. The molecule has 236 valence electrons. The third kappa shape index (κ3) is 7.91. The van der Waals surface area contributed by atoms with Crippen LogP contribution in [-0.2, 0) is 26.7 Å². The lowest BCUT2D eigenvalue weighted by Gasteiger charge is -2.42. The predicted octanol–water partition coefficient (Wildman–Crippen LogP) is 7.61. The molecule has 0 bridgehead atoms. The van der Waals surface area contributed by atoms with Gasteiger partial charge in [-0.1, -0.05) is 37.3 Å². The molecule has 0 spiro atoms. The maximum absolute atomic E-state index is 13.6. The summed E-state index contributed by atoms with van der Waals surface area (Å²) in [7, 11) is 1.80. The summed E-state index contributed by atoms with van der Waals surface area (Å²) in [6, 6.07) is 10.9. The van der Waals surface area contributed by atoms with E-state index in [-0.39, 0.29) is 41.3 Å². The molecule has 3 atom stereocenters. The van der Waals surface area contributed by atoms with Gasteiger partial charge in [-0.15, -0.1) is 0 Å². The summed E-state index contributed by atoms with van der Waals surface area (Å²) in [5, 5.41) is 0. The Labute approximate surface area is 248 Å². The molecule has 2 aliphatic rings. The van der Waals surface area contributed by atoms with Crippen molar-refractivity contribution in [2.45, 2.75) is 88.9 Å². The van der Waals surface area contributed by atoms with Crippen molar-refractivity contribution in [3.05, 3.63) is 70.8 Å². The van der Waals surface area contributed by atoms with Crippen LogP contribution >= 0.6 is 0 Å². The van der Waals surface area contributed by atoms with Crippen LogP contribution in [0, 0.1) is 5.92 Å². The number of benzene rings is 2. The van der Waals surface area contributed by atoms with Crippen molar-refractivity contribution in [2.75, 3.05) is 20.1 Å². The summed E-state index contributed by atoms with van der Waals surface area (Å²) in [4.78, 5) is 29.3. The zero-order chi connectivity index (χ0) is 31.5. The van der Waals surface area contributed by atoms with Gasteiger partial charge in [0.1, 0.15) is 0 Å². The molecule has 0 unspecified atom stereocenters. The van der Waals surface area contributed by atoms with E-state index >= 15 is 0 Å². The molecule has 1 aliphatic heterocycles. The van der Waals surface area contributed by atoms with E-state index < -0.39 is 35.7 Å². The molecule has 0 radical (unpaired) electrons. The zero-order valence-corrected chi connectivity index (χ0v) is 24.5. The standard InChI is InChI=1S/C32H38F6N2O3/c1-4-29(41)39(3)26-12-10-22(11-13-26)30(42)40-15-14-28(27(19-40)21-8-6-5-7-9-21)43-20(2)23-16-24(31(33,34)35)18-25(17-23)32(36,37)38/h5-9,16-18,20,22,26-28H,4,10-15,19H2,1-3H3/t20-,22?,26?,27+,28+/m1/s1. The van der Waals surface area contributed by atoms with Gasteiger partial charge < -0.3 is 14.5 Å². The highest BCUT2D eigenvalue weighted by Gasteiger charge is 2.40. The number of ether oxygens (including phenoxy) is 1. The quantitative estimate of drug-likeness (QED) is 0.303. The number of nitrogens with zero attached hydrogens (tertiary/aromatic N) is 2. The topological polar surface area (TPSA) is 49.9 Å². The van der Waals surface area contributed by atoms with Gasteiger partial charge in [-0.05, 0) is 68.4 Å². The fourth-order valence-electron chi connectivity index (χ4n) is 6.29. The van der Waals surface area contributed by atoms with Crippen molar-refractivity contribution in [3.63, 3.8) is 0 Å². The number of hydrogen-bond donors (Lipinski definition) is 0. The van der Waals surface area contributed by atoms with Crippen molar-refractivity contribution in [2.24, 2.45) is 5.92 Å². The van der Waals surface area contributed by atoms with E-state index in [4.69, 9.17) is 4.74 Å². The highest BCUT2D eigenvalue weighted by atomic mass is 19.4. The SMILES string of the molecule is CCC(=O)N(C)C1CCC(C(=O)N2CC[C@H](O[C@H](C)c3cc(C(F)(F)F)cc(C(F)(F)F)c3)[C@H](c3ccccc3)C2)CC1. The fraction of sp³-hybridized carbons (Fsp3) is 0.562. The first-order valence-corrected chi connectivity index (χ1v) is 14.7. The minimum Gasteiger partial charge on any atom is -0.370 e. The van der Waals surface area contributed by atoms with Gasteiger partial charge in [0.25, 0.3) is 0 Å². The lowest BCUT2D eigenvalue weighted by Crippen LogP contribution is -2.49. The minimum absolute atomic E-state index is 0.0306. The first kappa shape index (κ1) is 32.8. The zero-order valence-electron chi connectivity index (χ0n) is 24.5. The molecule has 2 amide bonds. The van der Waals surface area contributed by atoms with E-state index in [1.54, 1.807) is 16.8 Å². The Morgan fingerprint density at radius 3 is 2.05 bits per heavy atom. The number of piperidine rings is 1. The van der Waals surface area contributed by atoms with Crippen LogP contribution in [0.25, 0.3) is 0 Å². The summed E-state index contributed by atoms with van der Waals surface area (Å²) in [5.41, 5.74) is -2.10. The van der Waals surface area contributed by atoms with E-state index in [1.807, 2.05) is 37.3 Å². The predicted molar refractivity (Wildman–Crippen MR) is 149 cm³/mol. The number of rotatable bonds is 7. The van der Waals surface area contributed by atoms with Gasteiger partial charge in [-0.3, -0.25) is 9.59 Å². The first-order chi connectivity index (χ1) is 20.2. The second kappa shape index (κ2) is 13.3. The number of amides is 2. The van der Waals surface area contributed by atoms with Crippen LogP contribution in [0.15, 0.2) is 48.5 Å². The highest BCUT2D eigenvalue weighted by Crippen LogP contribution is 2.40. The maximum Gasteiger partial charge on any atom is 0.416 e. The molecule has 11 heteroatoms. The molecule has 1 saturated carbocycles. The van der Waals surface area contributed by atoms with Gasteiger partial charge in [-0.2, -0.15) is 26.3 Å². The number of carbonyl (C=O) groups is 2. The Hall–Kier alpha value is -3.08. The number of hydrogen-bond acceptors (Lipinski definition) is 3. The van der Waals surface area contributed by atoms with Crippen molar-refractivity contribution in [3.8, 4) is 0 Å². The van der Waals surface area contributed by atoms with Gasteiger partial charge >= 0.3 is 12.4 Å². The van der Waals surface area contributed by atoms with Crippen LogP contribution < -0.4 is 0 Å². The molecular weight excluding hydrogens is 574 g/mol. The monoisotopic (exact) mass is 612 g/mol. The van der Waals surface area contributed by atoms with E-state index in [0.29, 0.717) is 50.9 Å². The Bertz CT molecular complexity index is 1230. The largest absolute Gasteiger partial charge is 0.416 e. The molecule has 4 rings (SSSR count).